The summed E-state index contributed by atoms with van der Waals surface area (Å²) in [5.74, 6) is -1.45. The van der Waals surface area contributed by atoms with Gasteiger partial charge >= 0.3 is 5.97 Å². The summed E-state index contributed by atoms with van der Waals surface area (Å²) in [6.07, 6.45) is 1.69. The molecule has 1 unspecified atom stereocenters. The number of nitrogens with zero attached hydrogens (tertiary/aromatic N) is 1. The van der Waals surface area contributed by atoms with Gasteiger partial charge in [0.15, 0.2) is 11.2 Å². The summed E-state index contributed by atoms with van der Waals surface area (Å²) in [6, 6.07) is 3.21. The fraction of sp³-hybridized carbons (Fsp3) is 0.417. The molecule has 96 valence electrons. The number of ketones is 1. The van der Waals surface area contributed by atoms with Crippen LogP contribution in [0, 0.1) is 5.41 Å². The van der Waals surface area contributed by atoms with Crippen LogP contribution in [0.25, 0.3) is 0 Å². The Bertz CT molecular complexity index is 491. The summed E-state index contributed by atoms with van der Waals surface area (Å²) in [6.45, 7) is 0.187. The van der Waals surface area contributed by atoms with E-state index in [9.17, 15) is 14.7 Å². The number of Topliss-reactive ketones (excluding diaryl/α,β-unsaturated/α-hetero) is 1. The molecule has 18 heavy (non-hydrogen) atoms. The van der Waals surface area contributed by atoms with E-state index >= 15 is 0 Å². The lowest BCUT2D eigenvalue weighted by Gasteiger charge is -2.31. The van der Waals surface area contributed by atoms with E-state index in [1.54, 1.807) is 12.1 Å². The number of pyridine rings is 1. The van der Waals surface area contributed by atoms with Crippen LogP contribution in [0.4, 0.5) is 0 Å². The molecule has 0 bridgehead atoms. The summed E-state index contributed by atoms with van der Waals surface area (Å²) in [7, 11) is 0. The molecular weight excluding hydrogens is 258 g/mol. The van der Waals surface area contributed by atoms with Gasteiger partial charge in [-0.25, -0.2) is 4.98 Å². The van der Waals surface area contributed by atoms with Crippen LogP contribution < -0.4 is 0 Å². The third-order valence-corrected chi connectivity index (χ3v) is 3.27. The van der Waals surface area contributed by atoms with Gasteiger partial charge in [-0.05, 0) is 24.1 Å². The highest BCUT2D eigenvalue weighted by Crippen LogP contribution is 2.30. The number of aromatic nitrogens is 1. The predicted octanol–water partition coefficient (Wildman–Crippen LogP) is 1.34. The van der Waals surface area contributed by atoms with E-state index in [-0.39, 0.29) is 37.0 Å². The van der Waals surface area contributed by atoms with Crippen molar-refractivity contribution in [3.05, 3.63) is 29.0 Å². The zero-order valence-corrected chi connectivity index (χ0v) is 10.3. The maximum absolute atomic E-state index is 11.9. The van der Waals surface area contributed by atoms with Gasteiger partial charge in [0.25, 0.3) is 0 Å². The highest BCUT2D eigenvalue weighted by Gasteiger charge is 2.47. The van der Waals surface area contributed by atoms with Gasteiger partial charge in [0.1, 0.15) is 5.15 Å². The van der Waals surface area contributed by atoms with Crippen LogP contribution in [0.3, 0.4) is 0 Å². The van der Waals surface area contributed by atoms with Crippen LogP contribution in [0.15, 0.2) is 18.3 Å². The third kappa shape index (κ3) is 2.37. The number of rotatable bonds is 3. The van der Waals surface area contributed by atoms with Gasteiger partial charge in [-0.15, -0.1) is 0 Å². The average Bonchev–Trinajstić information content (AvgIpc) is 2.32. The molecule has 6 heteroatoms. The van der Waals surface area contributed by atoms with Gasteiger partial charge in [0.05, 0.1) is 13.2 Å². The molecule has 0 saturated carbocycles. The van der Waals surface area contributed by atoms with Crippen molar-refractivity contribution in [2.45, 2.75) is 12.8 Å². The normalized spacial score (nSPS) is 23.9. The molecule has 1 atom stereocenters. The fourth-order valence-corrected chi connectivity index (χ4v) is 2.23. The molecular formula is C12H12ClNO4. The number of carboxylic acid groups (broad SMARTS) is 1. The van der Waals surface area contributed by atoms with Crippen LogP contribution in [-0.4, -0.2) is 35.1 Å². The van der Waals surface area contributed by atoms with Crippen molar-refractivity contribution in [3.63, 3.8) is 0 Å². The van der Waals surface area contributed by atoms with Gasteiger partial charge in [-0.1, -0.05) is 11.6 Å². The van der Waals surface area contributed by atoms with E-state index in [2.05, 4.69) is 4.98 Å². The average molecular weight is 270 g/mol. The number of hydrogen-bond donors (Lipinski definition) is 1. The van der Waals surface area contributed by atoms with Gasteiger partial charge in [0, 0.05) is 12.6 Å². The molecule has 0 spiro atoms. The van der Waals surface area contributed by atoms with E-state index in [1.165, 1.54) is 6.20 Å². The molecule has 0 aromatic carbocycles. The lowest BCUT2D eigenvalue weighted by Crippen LogP contribution is -2.48. The van der Waals surface area contributed by atoms with Crippen molar-refractivity contribution < 1.29 is 19.4 Å². The van der Waals surface area contributed by atoms with E-state index in [0.29, 0.717) is 5.56 Å². The Kier molecular flexibility index (Phi) is 3.63. The molecule has 2 heterocycles. The Hall–Kier alpha value is -1.46. The number of ether oxygens (including phenoxy) is 1. The summed E-state index contributed by atoms with van der Waals surface area (Å²) in [5.41, 5.74) is -0.834. The van der Waals surface area contributed by atoms with Crippen molar-refractivity contribution in [1.82, 2.24) is 4.98 Å². The van der Waals surface area contributed by atoms with Crippen molar-refractivity contribution in [2.24, 2.45) is 5.41 Å². The van der Waals surface area contributed by atoms with Gasteiger partial charge in [-0.2, -0.15) is 0 Å². The van der Waals surface area contributed by atoms with Crippen LogP contribution in [0.1, 0.15) is 12.0 Å². The second-order valence-electron chi connectivity index (χ2n) is 4.28. The molecule has 1 aromatic heterocycles. The molecule has 1 aromatic rings. The Morgan fingerprint density at radius 3 is 3.00 bits per heavy atom. The van der Waals surface area contributed by atoms with Crippen molar-refractivity contribution in [2.75, 3.05) is 13.2 Å². The first-order valence-electron chi connectivity index (χ1n) is 5.49. The van der Waals surface area contributed by atoms with Crippen LogP contribution in [0.5, 0.6) is 0 Å². The topological polar surface area (TPSA) is 76.5 Å². The molecule has 0 aliphatic carbocycles. The third-order valence-electron chi connectivity index (χ3n) is 3.06. The van der Waals surface area contributed by atoms with Crippen LogP contribution >= 0.6 is 11.6 Å². The standard InChI is InChI=1S/C12H12ClNO4/c13-10-5-8(1-3-14-10)6-12(11(16)17)7-18-4-2-9(12)15/h1,3,5H,2,4,6-7H2,(H,16,17). The lowest BCUT2D eigenvalue weighted by molar-refractivity contribution is -0.164. The van der Waals surface area contributed by atoms with Crippen LogP contribution in [-0.2, 0) is 20.7 Å². The predicted molar refractivity (Wildman–Crippen MR) is 63.5 cm³/mol. The summed E-state index contributed by atoms with van der Waals surface area (Å²) < 4.78 is 5.17. The van der Waals surface area contributed by atoms with E-state index in [1.807, 2.05) is 0 Å². The summed E-state index contributed by atoms with van der Waals surface area (Å²) >= 11 is 5.75. The second-order valence-corrected chi connectivity index (χ2v) is 4.66. The van der Waals surface area contributed by atoms with E-state index in [4.69, 9.17) is 16.3 Å². The highest BCUT2D eigenvalue weighted by molar-refractivity contribution is 6.29. The molecule has 1 N–H and O–H groups in total. The smallest absolute Gasteiger partial charge is 0.319 e. The molecule has 0 radical (unpaired) electrons. The van der Waals surface area contributed by atoms with E-state index in [0.717, 1.165) is 0 Å². The Morgan fingerprint density at radius 2 is 2.39 bits per heavy atom. The van der Waals surface area contributed by atoms with Crippen LogP contribution in [0.2, 0.25) is 5.15 Å². The van der Waals surface area contributed by atoms with Crippen molar-refractivity contribution in [3.8, 4) is 0 Å². The molecule has 1 aliphatic heterocycles. The summed E-state index contributed by atoms with van der Waals surface area (Å²) in [4.78, 5) is 27.2. The minimum absolute atomic E-state index is 0.0728. The molecule has 1 aliphatic rings. The molecule has 0 amide bonds. The monoisotopic (exact) mass is 269 g/mol. The van der Waals surface area contributed by atoms with Gasteiger partial charge in [0.2, 0.25) is 0 Å². The Morgan fingerprint density at radius 1 is 1.61 bits per heavy atom. The quantitative estimate of drug-likeness (QED) is 0.662. The zero-order valence-electron chi connectivity index (χ0n) is 9.56. The number of aliphatic carboxylic acids is 1. The lowest BCUT2D eigenvalue weighted by atomic mass is 9.76. The number of hydrogen-bond acceptors (Lipinski definition) is 4. The zero-order chi connectivity index (χ0) is 13.2. The van der Waals surface area contributed by atoms with Crippen molar-refractivity contribution >= 4 is 23.4 Å². The largest absolute Gasteiger partial charge is 0.480 e. The second kappa shape index (κ2) is 5.04. The minimum Gasteiger partial charge on any atom is -0.480 e. The summed E-state index contributed by atoms with van der Waals surface area (Å²) in [5, 5.41) is 9.62. The number of carbonyl (C=O) groups is 2. The molecule has 2 rings (SSSR count). The maximum Gasteiger partial charge on any atom is 0.319 e. The Balaban J connectivity index is 2.31. The first-order valence-corrected chi connectivity index (χ1v) is 5.87. The maximum atomic E-state index is 11.9. The van der Waals surface area contributed by atoms with Gasteiger partial charge < -0.3 is 9.84 Å². The first kappa shape index (κ1) is 13.0. The highest BCUT2D eigenvalue weighted by atomic mass is 35.5. The molecule has 5 nitrogen and oxygen atoms in total. The minimum atomic E-state index is -1.50. The number of carboxylic acids is 1. The SMILES string of the molecule is O=C(O)C1(Cc2ccnc(Cl)c2)COCCC1=O. The van der Waals surface area contributed by atoms with E-state index < -0.39 is 11.4 Å². The van der Waals surface area contributed by atoms with Crippen molar-refractivity contribution in [1.29, 1.82) is 0 Å². The number of carbonyl (C=O) groups excluding carboxylic acids is 1. The molecule has 1 saturated heterocycles. The molecule has 1 fully saturated rings. The Labute approximate surface area is 109 Å². The van der Waals surface area contributed by atoms with Gasteiger partial charge in [-0.3, -0.25) is 9.59 Å². The number of halogens is 1. The fourth-order valence-electron chi connectivity index (χ4n) is 2.04. The first-order chi connectivity index (χ1) is 8.54.